The van der Waals surface area contributed by atoms with E-state index in [1.54, 1.807) is 0 Å². The van der Waals surface area contributed by atoms with Gasteiger partial charge in [-0.25, -0.2) is 0 Å². The summed E-state index contributed by atoms with van der Waals surface area (Å²) < 4.78 is 2.07. The van der Waals surface area contributed by atoms with E-state index in [2.05, 4.69) is 33.5 Å². The predicted octanol–water partition coefficient (Wildman–Crippen LogP) is 3.71. The van der Waals surface area contributed by atoms with Crippen molar-refractivity contribution in [2.45, 2.75) is 55.9 Å². The smallest absolute Gasteiger partial charge is 0.105 e. The average Bonchev–Trinajstić information content (AvgIpc) is 2.00. The second kappa shape index (κ2) is 5.22. The van der Waals surface area contributed by atoms with E-state index in [-0.39, 0.29) is 0 Å². The molecule has 0 bridgehead atoms. The van der Waals surface area contributed by atoms with Crippen molar-refractivity contribution < 1.29 is 0 Å². The molecule has 0 heterocycles. The summed E-state index contributed by atoms with van der Waals surface area (Å²) in [6.45, 7) is 9.47. The summed E-state index contributed by atoms with van der Waals surface area (Å²) in [4.78, 5) is 0. The zero-order chi connectivity index (χ0) is 8.15. The van der Waals surface area contributed by atoms with Crippen LogP contribution in [0.4, 0.5) is 0 Å². The topological polar surface area (TPSA) is 0 Å². The van der Waals surface area contributed by atoms with Gasteiger partial charge < -0.3 is 0 Å². The molecule has 60 valence electrons. The summed E-state index contributed by atoms with van der Waals surface area (Å²) >= 11 is -0.390. The molecule has 0 rings (SSSR count). The van der Waals surface area contributed by atoms with Crippen molar-refractivity contribution in [1.29, 1.82) is 0 Å². The van der Waals surface area contributed by atoms with Gasteiger partial charge in [0.25, 0.3) is 14.1 Å². The molecule has 1 heteroatoms. The Morgan fingerprint density at radius 3 is 1.50 bits per heavy atom. The van der Waals surface area contributed by atoms with E-state index in [1.807, 2.05) is 0 Å². The van der Waals surface area contributed by atoms with Crippen molar-refractivity contribution in [3.8, 4) is 0 Å². The Hall–Kier alpha value is 0.532. The molecular formula is C9H21Al. The molecule has 0 N–H and O–H groups in total. The molecule has 2 unspecified atom stereocenters. The predicted molar refractivity (Wildman–Crippen MR) is 51.0 cm³/mol. The van der Waals surface area contributed by atoms with E-state index in [0.29, 0.717) is 0 Å². The Morgan fingerprint density at radius 2 is 1.30 bits per heavy atom. The molecule has 0 aromatic carbocycles. The summed E-state index contributed by atoms with van der Waals surface area (Å²) in [5.41, 5.74) is 0. The number of rotatable bonds is 4. The highest BCUT2D eigenvalue weighted by molar-refractivity contribution is 6.60. The lowest BCUT2D eigenvalue weighted by Gasteiger charge is -2.18. The molecule has 0 aliphatic rings. The molecule has 0 fully saturated rings. The van der Waals surface area contributed by atoms with Crippen LogP contribution in [-0.4, -0.2) is 14.1 Å². The summed E-state index contributed by atoms with van der Waals surface area (Å²) in [6.07, 6.45) is 2.77. The molecule has 0 radical (unpaired) electrons. The Kier molecular flexibility index (Phi) is 5.50. The summed E-state index contributed by atoms with van der Waals surface area (Å²) in [7, 11) is 0. The Bertz CT molecular complexity index is 70.8. The van der Waals surface area contributed by atoms with Crippen molar-refractivity contribution in [2.75, 3.05) is 0 Å². The van der Waals surface area contributed by atoms with Crippen LogP contribution in [0, 0.1) is 0 Å². The van der Waals surface area contributed by atoms with Gasteiger partial charge in [0.2, 0.25) is 0 Å². The van der Waals surface area contributed by atoms with Crippen LogP contribution in [0.2, 0.25) is 15.3 Å². The fourth-order valence-corrected chi connectivity index (χ4v) is 3.91. The minimum absolute atomic E-state index is 0.390. The van der Waals surface area contributed by atoms with E-state index in [4.69, 9.17) is 0 Å². The first-order chi connectivity index (χ1) is 4.63. The van der Waals surface area contributed by atoms with Gasteiger partial charge in [-0.15, -0.1) is 5.79 Å². The number of hydrogen-bond acceptors (Lipinski definition) is 0. The van der Waals surface area contributed by atoms with Gasteiger partial charge in [0.05, 0.1) is 0 Å². The molecule has 10 heavy (non-hydrogen) atoms. The molecule has 0 spiro atoms. The van der Waals surface area contributed by atoms with E-state index < -0.39 is 14.1 Å². The van der Waals surface area contributed by atoms with Crippen LogP contribution in [0.25, 0.3) is 0 Å². The van der Waals surface area contributed by atoms with E-state index in [0.717, 1.165) is 9.56 Å². The highest BCUT2D eigenvalue weighted by Gasteiger charge is 2.22. The fourth-order valence-electron chi connectivity index (χ4n) is 1.30. The summed E-state index contributed by atoms with van der Waals surface area (Å²) in [5.74, 6) is 2.52. The lowest BCUT2D eigenvalue weighted by Crippen LogP contribution is -2.18. The zero-order valence-corrected chi connectivity index (χ0v) is 9.30. The first-order valence-electron chi connectivity index (χ1n) is 4.63. The molecule has 0 saturated carbocycles. The third kappa shape index (κ3) is 3.08. The van der Waals surface area contributed by atoms with Crippen molar-refractivity contribution in [1.82, 2.24) is 0 Å². The standard InChI is InChI=1S/2C4H9.CH3.Al/c2*1-3-4-2;;/h2*3H,4H2,1-2H3;1H3;. The van der Waals surface area contributed by atoms with Gasteiger partial charge in [-0.1, -0.05) is 50.1 Å². The molecule has 2 atom stereocenters. The molecule has 0 amide bonds. The van der Waals surface area contributed by atoms with Crippen molar-refractivity contribution in [2.24, 2.45) is 0 Å². The monoisotopic (exact) mass is 156 g/mol. The molecule has 0 saturated heterocycles. The van der Waals surface area contributed by atoms with Crippen LogP contribution < -0.4 is 0 Å². The molecular weight excluding hydrogens is 135 g/mol. The van der Waals surface area contributed by atoms with Crippen molar-refractivity contribution in [3.63, 3.8) is 0 Å². The lowest BCUT2D eigenvalue weighted by molar-refractivity contribution is 0.784. The molecule has 0 aromatic heterocycles. The summed E-state index contributed by atoms with van der Waals surface area (Å²) in [5, 5.41) is 0. The fraction of sp³-hybridized carbons (Fsp3) is 1.00. The van der Waals surface area contributed by atoms with Gasteiger partial charge in [-0.2, -0.15) is 0 Å². The largest absolute Gasteiger partial charge is 0.264 e. The highest BCUT2D eigenvalue weighted by atomic mass is 27.2. The maximum atomic E-state index is 2.52. The second-order valence-electron chi connectivity index (χ2n) is 3.63. The van der Waals surface area contributed by atoms with E-state index >= 15 is 0 Å². The summed E-state index contributed by atoms with van der Waals surface area (Å²) in [6, 6.07) is 0. The second-order valence-corrected chi connectivity index (χ2v) is 7.62. The Balaban J connectivity index is 3.69. The first-order valence-corrected chi connectivity index (χ1v) is 7.12. The van der Waals surface area contributed by atoms with Gasteiger partial charge in [-0.05, 0) is 0 Å². The van der Waals surface area contributed by atoms with Gasteiger partial charge in [-0.3, -0.25) is 0 Å². The van der Waals surface area contributed by atoms with Crippen molar-refractivity contribution >= 4 is 14.1 Å². The van der Waals surface area contributed by atoms with Crippen LogP contribution in [0.15, 0.2) is 0 Å². The molecule has 0 aromatic rings. The van der Waals surface area contributed by atoms with Gasteiger partial charge in [0.1, 0.15) is 0 Å². The highest BCUT2D eigenvalue weighted by Crippen LogP contribution is 2.25. The molecule has 0 nitrogen and oxygen atoms in total. The molecule has 0 aliphatic carbocycles. The quantitative estimate of drug-likeness (QED) is 0.544. The maximum Gasteiger partial charge on any atom is 0.264 e. The van der Waals surface area contributed by atoms with E-state index in [1.165, 1.54) is 12.8 Å². The van der Waals surface area contributed by atoms with Gasteiger partial charge in [0.15, 0.2) is 0 Å². The van der Waals surface area contributed by atoms with E-state index in [9.17, 15) is 0 Å². The Labute approximate surface area is 70.4 Å². The normalized spacial score (nSPS) is 16.5. The van der Waals surface area contributed by atoms with Crippen LogP contribution in [-0.2, 0) is 0 Å². The lowest BCUT2D eigenvalue weighted by atomic mass is 10.3. The van der Waals surface area contributed by atoms with Gasteiger partial charge in [0, 0.05) is 0 Å². The third-order valence-corrected chi connectivity index (χ3v) is 7.62. The van der Waals surface area contributed by atoms with Crippen LogP contribution >= 0.6 is 0 Å². The average molecular weight is 156 g/mol. The van der Waals surface area contributed by atoms with Crippen LogP contribution in [0.5, 0.6) is 0 Å². The SMILES string of the molecule is CC[CH](C)[Al]([CH3])[CH](C)CC. The minimum atomic E-state index is -0.390. The Morgan fingerprint density at radius 1 is 1.00 bits per heavy atom. The van der Waals surface area contributed by atoms with Gasteiger partial charge >= 0.3 is 0 Å². The maximum absolute atomic E-state index is 2.52. The zero-order valence-electron chi connectivity index (χ0n) is 8.15. The number of hydrogen-bond donors (Lipinski definition) is 0. The first kappa shape index (κ1) is 10.5. The third-order valence-electron chi connectivity index (χ3n) is 3.08. The minimum Gasteiger partial charge on any atom is -0.105 e. The van der Waals surface area contributed by atoms with Crippen LogP contribution in [0.3, 0.4) is 0 Å². The van der Waals surface area contributed by atoms with Crippen LogP contribution in [0.1, 0.15) is 40.5 Å². The van der Waals surface area contributed by atoms with Crippen molar-refractivity contribution in [3.05, 3.63) is 0 Å². The molecule has 0 aliphatic heterocycles.